The van der Waals surface area contributed by atoms with Crippen LogP contribution in [0.5, 0.6) is 5.75 Å². The fourth-order valence-electron chi connectivity index (χ4n) is 2.27. The molecule has 2 rings (SSSR count). The van der Waals surface area contributed by atoms with E-state index in [0.717, 1.165) is 34.6 Å². The lowest BCUT2D eigenvalue weighted by Gasteiger charge is -2.07. The number of benzene rings is 1. The van der Waals surface area contributed by atoms with Crippen molar-refractivity contribution in [1.82, 2.24) is 5.32 Å². The summed E-state index contributed by atoms with van der Waals surface area (Å²) in [7, 11) is 3.36. The number of methoxy groups -OCH3 is 2. The zero-order valence-electron chi connectivity index (χ0n) is 12.7. The molecule has 0 saturated carbocycles. The molecule has 1 aromatic carbocycles. The van der Waals surface area contributed by atoms with Crippen LogP contribution >= 0.6 is 0 Å². The summed E-state index contributed by atoms with van der Waals surface area (Å²) in [5.74, 6) is 2.29. The first-order valence-electron chi connectivity index (χ1n) is 6.94. The number of hydrogen-bond acceptors (Lipinski definition) is 4. The van der Waals surface area contributed by atoms with Gasteiger partial charge in [0.15, 0.2) is 11.3 Å². The van der Waals surface area contributed by atoms with Crippen molar-refractivity contribution in [1.29, 1.82) is 0 Å². The quantitative estimate of drug-likeness (QED) is 0.843. The van der Waals surface area contributed by atoms with E-state index in [0.29, 0.717) is 19.1 Å². The van der Waals surface area contributed by atoms with E-state index in [1.165, 1.54) is 0 Å². The maximum Gasteiger partial charge on any atom is 0.176 e. The van der Waals surface area contributed by atoms with Crippen molar-refractivity contribution >= 4 is 11.0 Å². The van der Waals surface area contributed by atoms with Gasteiger partial charge in [-0.15, -0.1) is 0 Å². The Labute approximate surface area is 120 Å². The first kappa shape index (κ1) is 14.9. The second kappa shape index (κ2) is 6.77. The Morgan fingerprint density at radius 3 is 2.70 bits per heavy atom. The van der Waals surface area contributed by atoms with Gasteiger partial charge < -0.3 is 19.2 Å². The highest BCUT2D eigenvalue weighted by molar-refractivity contribution is 5.87. The number of rotatable bonds is 7. The Morgan fingerprint density at radius 2 is 2.05 bits per heavy atom. The molecule has 4 nitrogen and oxygen atoms in total. The molecule has 110 valence electrons. The molecular weight excluding hydrogens is 254 g/mol. The molecule has 0 bridgehead atoms. The zero-order valence-corrected chi connectivity index (χ0v) is 12.7. The minimum Gasteiger partial charge on any atom is -0.493 e. The summed E-state index contributed by atoms with van der Waals surface area (Å²) in [6, 6.07) is 5.93. The molecule has 1 heterocycles. The number of nitrogens with one attached hydrogen (secondary N) is 1. The van der Waals surface area contributed by atoms with E-state index in [1.54, 1.807) is 14.2 Å². The molecule has 1 N–H and O–H groups in total. The van der Waals surface area contributed by atoms with Crippen LogP contribution in [0.15, 0.2) is 22.6 Å². The second-order valence-electron chi connectivity index (χ2n) is 5.30. The highest BCUT2D eigenvalue weighted by atomic mass is 16.5. The molecule has 20 heavy (non-hydrogen) atoms. The third-order valence-corrected chi connectivity index (χ3v) is 3.21. The third-order valence-electron chi connectivity index (χ3n) is 3.21. The first-order chi connectivity index (χ1) is 9.67. The first-order valence-corrected chi connectivity index (χ1v) is 6.94. The Balaban J connectivity index is 2.34. The van der Waals surface area contributed by atoms with Gasteiger partial charge in [-0.3, -0.25) is 0 Å². The van der Waals surface area contributed by atoms with Crippen molar-refractivity contribution in [2.24, 2.45) is 5.92 Å². The average Bonchev–Trinajstić information content (AvgIpc) is 2.77. The van der Waals surface area contributed by atoms with Crippen LogP contribution in [0.2, 0.25) is 0 Å². The normalized spacial score (nSPS) is 11.4. The molecule has 0 saturated heterocycles. The molecule has 4 heteroatoms. The van der Waals surface area contributed by atoms with Gasteiger partial charge in [-0.05, 0) is 18.5 Å². The summed E-state index contributed by atoms with van der Waals surface area (Å²) >= 11 is 0. The van der Waals surface area contributed by atoms with Crippen LogP contribution in [0.1, 0.15) is 25.2 Å². The van der Waals surface area contributed by atoms with Gasteiger partial charge in [-0.2, -0.15) is 0 Å². The van der Waals surface area contributed by atoms with Gasteiger partial charge in [0.2, 0.25) is 0 Å². The summed E-state index contributed by atoms with van der Waals surface area (Å²) in [6.45, 7) is 6.57. The van der Waals surface area contributed by atoms with E-state index in [9.17, 15) is 0 Å². The summed E-state index contributed by atoms with van der Waals surface area (Å²) in [6.07, 6.45) is 0. The van der Waals surface area contributed by atoms with Crippen LogP contribution in [-0.4, -0.2) is 20.8 Å². The lowest BCUT2D eigenvalue weighted by molar-refractivity contribution is 0.183. The largest absolute Gasteiger partial charge is 0.493 e. The average molecular weight is 277 g/mol. The molecular formula is C16H23NO3. The Hall–Kier alpha value is -1.52. The number of furan rings is 1. The van der Waals surface area contributed by atoms with E-state index in [4.69, 9.17) is 13.9 Å². The molecule has 1 aromatic heterocycles. The topological polar surface area (TPSA) is 43.6 Å². The van der Waals surface area contributed by atoms with Crippen LogP contribution in [0, 0.1) is 5.92 Å². The van der Waals surface area contributed by atoms with Gasteiger partial charge in [0.25, 0.3) is 0 Å². The lowest BCUT2D eigenvalue weighted by Crippen LogP contribution is -2.19. The van der Waals surface area contributed by atoms with Gasteiger partial charge in [0.1, 0.15) is 5.76 Å². The molecule has 0 fully saturated rings. The number of fused-ring (bicyclic) bond motifs is 1. The molecule has 0 aliphatic carbocycles. The molecule has 2 aromatic rings. The minimum atomic E-state index is 0.541. The van der Waals surface area contributed by atoms with Crippen molar-refractivity contribution < 1.29 is 13.9 Å². The van der Waals surface area contributed by atoms with Crippen LogP contribution in [0.3, 0.4) is 0 Å². The number of hydrogen-bond donors (Lipinski definition) is 1. The van der Waals surface area contributed by atoms with Gasteiger partial charge >= 0.3 is 0 Å². The SMILES string of the molecule is COCc1c(CNCC(C)C)oc2c(OC)cccc12. The van der Waals surface area contributed by atoms with Crippen molar-refractivity contribution in [3.05, 3.63) is 29.5 Å². The number of ether oxygens (including phenoxy) is 2. The summed E-state index contributed by atoms with van der Waals surface area (Å²) in [5, 5.41) is 4.47. The Kier molecular flexibility index (Phi) is 5.04. The predicted octanol–water partition coefficient (Wildman–Crippen LogP) is 3.33. The Morgan fingerprint density at radius 1 is 1.25 bits per heavy atom. The van der Waals surface area contributed by atoms with E-state index in [-0.39, 0.29) is 0 Å². The van der Waals surface area contributed by atoms with Crippen molar-refractivity contribution in [3.63, 3.8) is 0 Å². The minimum absolute atomic E-state index is 0.541. The van der Waals surface area contributed by atoms with Crippen molar-refractivity contribution in [3.8, 4) is 5.75 Å². The maximum absolute atomic E-state index is 5.99. The van der Waals surface area contributed by atoms with Gasteiger partial charge in [0.05, 0.1) is 20.3 Å². The molecule has 0 atom stereocenters. The van der Waals surface area contributed by atoms with E-state index in [1.807, 2.05) is 18.2 Å². The van der Waals surface area contributed by atoms with Crippen molar-refractivity contribution in [2.75, 3.05) is 20.8 Å². The van der Waals surface area contributed by atoms with Crippen molar-refractivity contribution in [2.45, 2.75) is 27.0 Å². The van der Waals surface area contributed by atoms with E-state index < -0.39 is 0 Å². The van der Waals surface area contributed by atoms with E-state index in [2.05, 4.69) is 19.2 Å². The summed E-state index contributed by atoms with van der Waals surface area (Å²) in [5.41, 5.74) is 1.89. The second-order valence-corrected chi connectivity index (χ2v) is 5.30. The highest BCUT2D eigenvalue weighted by Crippen LogP contribution is 2.33. The van der Waals surface area contributed by atoms with E-state index >= 15 is 0 Å². The molecule has 0 amide bonds. The summed E-state index contributed by atoms with van der Waals surface area (Å²) < 4.78 is 16.7. The standard InChI is InChI=1S/C16H23NO3/c1-11(2)8-17-9-15-13(10-18-3)12-6-5-7-14(19-4)16(12)20-15/h5-7,11,17H,8-10H2,1-4H3. The third kappa shape index (κ3) is 3.14. The monoisotopic (exact) mass is 277 g/mol. The molecule has 0 aliphatic heterocycles. The molecule has 0 unspecified atom stereocenters. The molecule has 0 spiro atoms. The van der Waals surface area contributed by atoms with Crippen LogP contribution < -0.4 is 10.1 Å². The summed E-state index contributed by atoms with van der Waals surface area (Å²) in [4.78, 5) is 0. The smallest absolute Gasteiger partial charge is 0.176 e. The van der Waals surface area contributed by atoms with Gasteiger partial charge in [-0.1, -0.05) is 26.0 Å². The molecule has 0 aliphatic rings. The predicted molar refractivity (Wildman–Crippen MR) is 80.0 cm³/mol. The number of para-hydroxylation sites is 1. The van der Waals surface area contributed by atoms with Crippen LogP contribution in [0.4, 0.5) is 0 Å². The Bertz CT molecular complexity index is 560. The fourth-order valence-corrected chi connectivity index (χ4v) is 2.27. The maximum atomic E-state index is 5.99. The van der Waals surface area contributed by atoms with Gasteiger partial charge in [0, 0.05) is 18.1 Å². The lowest BCUT2D eigenvalue weighted by atomic mass is 10.1. The molecule has 0 radical (unpaired) electrons. The van der Waals surface area contributed by atoms with Crippen LogP contribution in [0.25, 0.3) is 11.0 Å². The highest BCUT2D eigenvalue weighted by Gasteiger charge is 2.16. The fraction of sp³-hybridized carbons (Fsp3) is 0.500. The van der Waals surface area contributed by atoms with Crippen LogP contribution in [-0.2, 0) is 17.9 Å². The van der Waals surface area contributed by atoms with Gasteiger partial charge in [-0.25, -0.2) is 0 Å². The zero-order chi connectivity index (χ0) is 14.5.